The number of anilines is 2. The molecule has 10 heteroatoms. The zero-order valence-corrected chi connectivity index (χ0v) is 23.1. The van der Waals surface area contributed by atoms with Gasteiger partial charge in [0.1, 0.15) is 5.69 Å². The summed E-state index contributed by atoms with van der Waals surface area (Å²) < 4.78 is 1.39. The molecule has 3 heterocycles. The number of aliphatic carboxylic acids is 1. The summed E-state index contributed by atoms with van der Waals surface area (Å²) in [6.07, 6.45) is 3.88. The fourth-order valence-electron chi connectivity index (χ4n) is 6.18. The summed E-state index contributed by atoms with van der Waals surface area (Å²) in [6, 6.07) is 7.42. The number of aryl methyl sites for hydroxylation is 1. The van der Waals surface area contributed by atoms with Crippen LogP contribution in [0.5, 0.6) is 0 Å². The molecular weight excluding hydrogens is 513 g/mol. The highest BCUT2D eigenvalue weighted by Crippen LogP contribution is 2.45. The van der Waals surface area contributed by atoms with Gasteiger partial charge in [0.25, 0.3) is 5.56 Å². The van der Waals surface area contributed by atoms with E-state index in [9.17, 15) is 14.7 Å². The second-order valence-electron chi connectivity index (χ2n) is 11.4. The van der Waals surface area contributed by atoms with Crippen molar-refractivity contribution in [3.05, 3.63) is 50.2 Å². The first kappa shape index (κ1) is 26.3. The van der Waals surface area contributed by atoms with Crippen molar-refractivity contribution in [1.29, 1.82) is 0 Å². The Balaban J connectivity index is 1.21. The maximum atomic E-state index is 12.8. The van der Waals surface area contributed by atoms with Crippen LogP contribution < -0.4 is 15.8 Å². The third kappa shape index (κ3) is 5.20. The standard InChI is InChI=1S/C27H35Cl2N5O3/c1-16(21-7-6-19(28)9-22(21)29)30-23-10-24(31-32(3)25(23)35)34-14-18(15-34)17-5-4-8-33(13-17)20-11-27(2,12-20)26(36)37/h6-7,9-10,16-18,20,30H,4-5,8,11-15H2,1-3H3,(H,36,37)/t16-,17+,20?,27?/m1/s1. The fraction of sp³-hybridized carbons (Fsp3) is 0.593. The lowest BCUT2D eigenvalue weighted by Gasteiger charge is -2.52. The molecule has 0 radical (unpaired) electrons. The van der Waals surface area contributed by atoms with Crippen LogP contribution in [0.15, 0.2) is 29.1 Å². The first-order chi connectivity index (χ1) is 17.5. The van der Waals surface area contributed by atoms with Crippen molar-refractivity contribution in [3.8, 4) is 0 Å². The molecule has 200 valence electrons. The second-order valence-corrected chi connectivity index (χ2v) is 12.2. The summed E-state index contributed by atoms with van der Waals surface area (Å²) in [5.41, 5.74) is 0.619. The number of hydrogen-bond donors (Lipinski definition) is 2. The number of halogens is 2. The Morgan fingerprint density at radius 1 is 1.19 bits per heavy atom. The van der Waals surface area contributed by atoms with Gasteiger partial charge < -0.3 is 20.2 Å². The van der Waals surface area contributed by atoms with Crippen LogP contribution in [-0.4, -0.2) is 58.0 Å². The maximum Gasteiger partial charge on any atom is 0.309 e. The molecule has 0 unspecified atom stereocenters. The van der Waals surface area contributed by atoms with Crippen LogP contribution in [0.2, 0.25) is 10.0 Å². The number of piperidine rings is 1. The van der Waals surface area contributed by atoms with E-state index in [4.69, 9.17) is 23.2 Å². The largest absolute Gasteiger partial charge is 0.481 e. The van der Waals surface area contributed by atoms with Gasteiger partial charge in [0, 0.05) is 48.8 Å². The lowest BCUT2D eigenvalue weighted by atomic mass is 9.65. The maximum absolute atomic E-state index is 12.8. The van der Waals surface area contributed by atoms with E-state index in [1.54, 1.807) is 19.2 Å². The van der Waals surface area contributed by atoms with Crippen molar-refractivity contribution >= 4 is 40.7 Å². The van der Waals surface area contributed by atoms with Crippen molar-refractivity contribution in [1.82, 2.24) is 14.7 Å². The highest BCUT2D eigenvalue weighted by atomic mass is 35.5. The topological polar surface area (TPSA) is 90.7 Å². The van der Waals surface area contributed by atoms with E-state index < -0.39 is 11.4 Å². The van der Waals surface area contributed by atoms with Crippen molar-refractivity contribution in [3.63, 3.8) is 0 Å². The molecule has 1 aromatic heterocycles. The van der Waals surface area contributed by atoms with E-state index in [1.807, 2.05) is 26.0 Å². The van der Waals surface area contributed by atoms with E-state index in [1.165, 1.54) is 17.5 Å². The van der Waals surface area contributed by atoms with Crippen LogP contribution in [0.3, 0.4) is 0 Å². The molecule has 3 fully saturated rings. The van der Waals surface area contributed by atoms with Crippen molar-refractivity contribution < 1.29 is 9.90 Å². The number of nitrogens with one attached hydrogen (secondary N) is 1. The van der Waals surface area contributed by atoms with Gasteiger partial charge in [-0.15, -0.1) is 0 Å². The highest BCUT2D eigenvalue weighted by Gasteiger charge is 2.49. The van der Waals surface area contributed by atoms with Crippen molar-refractivity contribution in [2.24, 2.45) is 24.3 Å². The van der Waals surface area contributed by atoms with Crippen LogP contribution in [0.25, 0.3) is 0 Å². The van der Waals surface area contributed by atoms with Crippen LogP contribution in [0, 0.1) is 17.3 Å². The Kier molecular flexibility index (Phi) is 7.20. The first-order valence-electron chi connectivity index (χ1n) is 13.1. The van der Waals surface area contributed by atoms with E-state index in [-0.39, 0.29) is 11.6 Å². The fourth-order valence-corrected chi connectivity index (χ4v) is 6.75. The Bertz CT molecular complexity index is 1240. The van der Waals surface area contributed by atoms with E-state index in [2.05, 4.69) is 20.2 Å². The number of rotatable bonds is 7. The minimum atomic E-state index is -0.670. The van der Waals surface area contributed by atoms with Gasteiger partial charge in [-0.1, -0.05) is 29.3 Å². The lowest BCUT2D eigenvalue weighted by molar-refractivity contribution is -0.158. The zero-order valence-electron chi connectivity index (χ0n) is 21.6. The summed E-state index contributed by atoms with van der Waals surface area (Å²) in [6.45, 7) is 7.78. The van der Waals surface area contributed by atoms with Gasteiger partial charge >= 0.3 is 5.97 Å². The van der Waals surface area contributed by atoms with Crippen LogP contribution in [0.1, 0.15) is 51.1 Å². The Hall–Kier alpha value is -2.29. The molecule has 1 aliphatic carbocycles. The Labute approximate surface area is 227 Å². The summed E-state index contributed by atoms with van der Waals surface area (Å²) in [5, 5.41) is 18.4. The molecule has 2 aromatic rings. The minimum absolute atomic E-state index is 0.181. The van der Waals surface area contributed by atoms with Crippen molar-refractivity contribution in [2.45, 2.75) is 51.6 Å². The predicted molar refractivity (Wildman–Crippen MR) is 147 cm³/mol. The number of carboxylic acid groups (broad SMARTS) is 1. The summed E-state index contributed by atoms with van der Waals surface area (Å²) >= 11 is 12.4. The molecule has 5 rings (SSSR count). The zero-order chi connectivity index (χ0) is 26.5. The van der Waals surface area contributed by atoms with E-state index in [0.29, 0.717) is 33.6 Å². The lowest BCUT2D eigenvalue weighted by Crippen LogP contribution is -2.58. The molecule has 0 bridgehead atoms. The van der Waals surface area contributed by atoms with Crippen LogP contribution >= 0.6 is 23.2 Å². The number of carbonyl (C=O) groups is 1. The molecule has 37 heavy (non-hydrogen) atoms. The molecule has 0 amide bonds. The normalized spacial score (nSPS) is 27.3. The van der Waals surface area contributed by atoms with E-state index in [0.717, 1.165) is 50.4 Å². The molecule has 2 saturated heterocycles. The number of nitrogens with zero attached hydrogens (tertiary/aromatic N) is 4. The summed E-state index contributed by atoms with van der Waals surface area (Å²) in [4.78, 5) is 29.1. The first-order valence-corrected chi connectivity index (χ1v) is 13.8. The number of aromatic nitrogens is 2. The van der Waals surface area contributed by atoms with Gasteiger partial charge in [0.15, 0.2) is 5.82 Å². The van der Waals surface area contributed by atoms with Crippen LogP contribution in [0.4, 0.5) is 11.5 Å². The van der Waals surface area contributed by atoms with Gasteiger partial charge in [0.05, 0.1) is 11.5 Å². The molecule has 2 aliphatic heterocycles. The minimum Gasteiger partial charge on any atom is -0.481 e. The third-order valence-electron chi connectivity index (χ3n) is 8.65. The molecule has 2 N–H and O–H groups in total. The number of benzene rings is 1. The number of carboxylic acids is 1. The van der Waals surface area contributed by atoms with Gasteiger partial charge in [-0.3, -0.25) is 9.59 Å². The summed E-state index contributed by atoms with van der Waals surface area (Å²) in [7, 11) is 1.68. The second kappa shape index (κ2) is 10.1. The molecule has 1 aromatic carbocycles. The van der Waals surface area contributed by atoms with Gasteiger partial charge in [-0.05, 0) is 75.6 Å². The third-order valence-corrected chi connectivity index (χ3v) is 9.21. The molecule has 0 spiro atoms. The average Bonchev–Trinajstić information content (AvgIpc) is 2.79. The van der Waals surface area contributed by atoms with Crippen LogP contribution in [-0.2, 0) is 11.8 Å². The molecule has 8 nitrogen and oxygen atoms in total. The monoisotopic (exact) mass is 547 g/mol. The quantitative estimate of drug-likeness (QED) is 0.520. The number of likely N-dealkylation sites (tertiary alicyclic amines) is 1. The van der Waals surface area contributed by atoms with Gasteiger partial charge in [-0.25, -0.2) is 4.68 Å². The molecule has 1 saturated carbocycles. The SMILES string of the molecule is C[C@@H](Nc1cc(N2CC([C@H]3CCCN(C4CC(C)(C(=O)O)C4)C3)C2)nn(C)c1=O)c1ccc(Cl)cc1Cl. The molecular formula is C27H35Cl2N5O3. The van der Waals surface area contributed by atoms with Crippen molar-refractivity contribution in [2.75, 3.05) is 36.4 Å². The molecule has 2 atom stereocenters. The average molecular weight is 549 g/mol. The number of hydrogen-bond acceptors (Lipinski definition) is 6. The Morgan fingerprint density at radius 3 is 2.59 bits per heavy atom. The molecule has 3 aliphatic rings. The highest BCUT2D eigenvalue weighted by molar-refractivity contribution is 6.35. The van der Waals surface area contributed by atoms with E-state index >= 15 is 0 Å². The predicted octanol–water partition coefficient (Wildman–Crippen LogP) is 4.66. The van der Waals surface area contributed by atoms with Gasteiger partial charge in [0.2, 0.25) is 0 Å². The summed E-state index contributed by atoms with van der Waals surface area (Å²) in [5.74, 6) is 1.31. The van der Waals surface area contributed by atoms with Gasteiger partial charge in [-0.2, -0.15) is 5.10 Å². The Morgan fingerprint density at radius 2 is 1.92 bits per heavy atom. The smallest absolute Gasteiger partial charge is 0.309 e.